The van der Waals surface area contributed by atoms with E-state index < -0.39 is 22.7 Å². The van der Waals surface area contributed by atoms with Crippen LogP contribution in [0.2, 0.25) is 5.02 Å². The minimum absolute atomic E-state index is 0.123. The van der Waals surface area contributed by atoms with E-state index in [4.69, 9.17) is 16.3 Å². The third-order valence-corrected chi connectivity index (χ3v) is 6.45. The molecule has 2 aromatic carbocycles. The van der Waals surface area contributed by atoms with E-state index in [1.165, 1.54) is 12.1 Å². The molecule has 1 amide bonds. The quantitative estimate of drug-likeness (QED) is 0.708. The number of alkyl halides is 3. The van der Waals surface area contributed by atoms with Gasteiger partial charge in [-0.15, -0.1) is 0 Å². The van der Waals surface area contributed by atoms with Crippen molar-refractivity contribution in [3.63, 3.8) is 0 Å². The van der Waals surface area contributed by atoms with E-state index in [0.29, 0.717) is 10.7 Å². The van der Waals surface area contributed by atoms with Gasteiger partial charge in [0.1, 0.15) is 22.5 Å². The van der Waals surface area contributed by atoms with E-state index in [2.05, 4.69) is 4.72 Å². The number of aryl methyl sites for hydroxylation is 1. The fourth-order valence-electron chi connectivity index (χ4n) is 3.63. The molecular formula is C20H15ClF3NO3S. The van der Waals surface area contributed by atoms with E-state index >= 15 is 0 Å². The van der Waals surface area contributed by atoms with Crippen LogP contribution in [0.1, 0.15) is 35.4 Å². The van der Waals surface area contributed by atoms with Crippen LogP contribution in [0.15, 0.2) is 47.4 Å². The standard InChI is InChI=1S/C20H15ClF3NO3S/c21-16-9-12(20(22,23)24)4-7-17(16)28-13-5-6-14-11(8-13)2-1-3-15(14)18-10-19(26)25-29(18)27/h4-10,15H,1-3H2,(H,25,26). The Kier molecular flexibility index (Phi) is 5.16. The number of amides is 1. The third kappa shape index (κ3) is 4.04. The van der Waals surface area contributed by atoms with Gasteiger partial charge in [0.15, 0.2) is 0 Å². The Labute approximate surface area is 172 Å². The summed E-state index contributed by atoms with van der Waals surface area (Å²) in [5, 5.41) is -0.133. The smallest absolute Gasteiger partial charge is 0.416 e. The molecule has 9 heteroatoms. The molecule has 1 heterocycles. The van der Waals surface area contributed by atoms with Crippen molar-refractivity contribution in [3.05, 3.63) is 69.1 Å². The predicted octanol–water partition coefficient (Wildman–Crippen LogP) is 5.25. The summed E-state index contributed by atoms with van der Waals surface area (Å²) in [5.74, 6) is 0.0905. The summed E-state index contributed by atoms with van der Waals surface area (Å²) in [6, 6.07) is 8.28. The van der Waals surface area contributed by atoms with Crippen LogP contribution in [0, 0.1) is 0 Å². The van der Waals surface area contributed by atoms with Gasteiger partial charge >= 0.3 is 6.18 Å². The van der Waals surface area contributed by atoms with Gasteiger partial charge in [0.05, 0.1) is 15.5 Å². The number of rotatable bonds is 3. The van der Waals surface area contributed by atoms with Crippen LogP contribution in [-0.4, -0.2) is 10.1 Å². The highest BCUT2D eigenvalue weighted by molar-refractivity contribution is 7.88. The first-order valence-electron chi connectivity index (χ1n) is 8.84. The molecule has 0 spiro atoms. The molecule has 29 heavy (non-hydrogen) atoms. The van der Waals surface area contributed by atoms with Crippen molar-refractivity contribution in [1.29, 1.82) is 0 Å². The number of nitrogens with one attached hydrogen (secondary N) is 1. The van der Waals surface area contributed by atoms with E-state index in [1.54, 1.807) is 6.07 Å². The summed E-state index contributed by atoms with van der Waals surface area (Å²) < 4.78 is 58.6. The highest BCUT2D eigenvalue weighted by Crippen LogP contribution is 2.41. The number of hydrogen-bond acceptors (Lipinski definition) is 3. The molecule has 4 rings (SSSR count). The topological polar surface area (TPSA) is 55.4 Å². The van der Waals surface area contributed by atoms with E-state index in [0.717, 1.165) is 42.5 Å². The lowest BCUT2D eigenvalue weighted by Gasteiger charge is -2.26. The highest BCUT2D eigenvalue weighted by Gasteiger charge is 2.32. The molecule has 2 unspecified atom stereocenters. The molecule has 1 aliphatic carbocycles. The number of halogens is 4. The van der Waals surface area contributed by atoms with Gasteiger partial charge in [0, 0.05) is 12.0 Å². The first-order chi connectivity index (χ1) is 13.7. The second-order valence-electron chi connectivity index (χ2n) is 6.83. The van der Waals surface area contributed by atoms with Crippen LogP contribution >= 0.6 is 11.6 Å². The van der Waals surface area contributed by atoms with Crippen LogP contribution < -0.4 is 9.46 Å². The summed E-state index contributed by atoms with van der Waals surface area (Å²) >= 11 is 5.96. The highest BCUT2D eigenvalue weighted by atomic mass is 35.5. The fraction of sp³-hybridized carbons (Fsp3) is 0.250. The average Bonchev–Trinajstić information content (AvgIpc) is 3.00. The first kappa shape index (κ1) is 20.0. The van der Waals surface area contributed by atoms with Crippen molar-refractivity contribution >= 4 is 28.5 Å². The Morgan fingerprint density at radius 2 is 1.97 bits per heavy atom. The van der Waals surface area contributed by atoms with Crippen molar-refractivity contribution in [2.75, 3.05) is 0 Å². The zero-order chi connectivity index (χ0) is 20.8. The summed E-state index contributed by atoms with van der Waals surface area (Å²) in [5.41, 5.74) is 1.11. The van der Waals surface area contributed by atoms with Gasteiger partial charge < -0.3 is 4.74 Å². The predicted molar refractivity (Wildman–Crippen MR) is 103 cm³/mol. The molecule has 2 aliphatic rings. The monoisotopic (exact) mass is 441 g/mol. The van der Waals surface area contributed by atoms with Crippen molar-refractivity contribution in [1.82, 2.24) is 4.72 Å². The maximum absolute atomic E-state index is 12.8. The molecule has 2 atom stereocenters. The van der Waals surface area contributed by atoms with Crippen molar-refractivity contribution in [2.45, 2.75) is 31.4 Å². The largest absolute Gasteiger partial charge is 0.456 e. The van der Waals surface area contributed by atoms with Crippen LogP contribution in [0.4, 0.5) is 13.2 Å². The third-order valence-electron chi connectivity index (χ3n) is 4.94. The maximum atomic E-state index is 12.8. The van der Waals surface area contributed by atoms with Gasteiger partial charge in [-0.3, -0.25) is 9.52 Å². The number of allylic oxidation sites excluding steroid dienone is 1. The lowest BCUT2D eigenvalue weighted by atomic mass is 9.82. The number of carbonyl (C=O) groups is 1. The van der Waals surface area contributed by atoms with Crippen LogP contribution in [0.5, 0.6) is 11.5 Å². The fourth-order valence-corrected chi connectivity index (χ4v) is 4.92. The van der Waals surface area contributed by atoms with Crippen molar-refractivity contribution < 1.29 is 26.9 Å². The normalized spacial score (nSPS) is 21.4. The lowest BCUT2D eigenvalue weighted by molar-refractivity contribution is -0.137. The van der Waals surface area contributed by atoms with Gasteiger partial charge in [-0.25, -0.2) is 4.21 Å². The molecule has 0 saturated carbocycles. The van der Waals surface area contributed by atoms with Gasteiger partial charge in [0.25, 0.3) is 5.91 Å². The second kappa shape index (κ2) is 7.50. The Hall–Kier alpha value is -2.32. The minimum atomic E-state index is -4.48. The molecule has 1 N–H and O–H groups in total. The van der Waals surface area contributed by atoms with E-state index in [-0.39, 0.29) is 22.6 Å². The number of fused-ring (bicyclic) bond motifs is 1. The molecule has 2 aromatic rings. The Morgan fingerprint density at radius 1 is 1.17 bits per heavy atom. The summed E-state index contributed by atoms with van der Waals surface area (Å²) in [4.78, 5) is 12.1. The summed E-state index contributed by atoms with van der Waals surface area (Å²) in [6.45, 7) is 0. The Balaban J connectivity index is 1.60. The van der Waals surface area contributed by atoms with E-state index in [9.17, 15) is 22.2 Å². The molecule has 4 nitrogen and oxygen atoms in total. The number of benzene rings is 2. The molecular weight excluding hydrogens is 427 g/mol. The first-order valence-corrected chi connectivity index (χ1v) is 10.4. The van der Waals surface area contributed by atoms with Crippen LogP contribution in [0.3, 0.4) is 0 Å². The average molecular weight is 442 g/mol. The van der Waals surface area contributed by atoms with Crippen molar-refractivity contribution in [2.24, 2.45) is 0 Å². The molecule has 0 bridgehead atoms. The molecule has 0 aromatic heterocycles. The van der Waals surface area contributed by atoms with Gasteiger partial charge in [-0.05, 0) is 60.7 Å². The zero-order valence-electron chi connectivity index (χ0n) is 14.9. The summed E-state index contributed by atoms with van der Waals surface area (Å²) in [7, 11) is -1.52. The van der Waals surface area contributed by atoms with Crippen LogP contribution in [0.25, 0.3) is 0 Å². The zero-order valence-corrected chi connectivity index (χ0v) is 16.5. The molecule has 1 aliphatic heterocycles. The molecule has 0 radical (unpaired) electrons. The van der Waals surface area contributed by atoms with Gasteiger partial charge in [-0.1, -0.05) is 17.7 Å². The lowest BCUT2D eigenvalue weighted by Crippen LogP contribution is -2.19. The Bertz CT molecular complexity index is 1050. The molecule has 0 fully saturated rings. The van der Waals surface area contributed by atoms with Gasteiger partial charge in [0.2, 0.25) is 0 Å². The summed E-state index contributed by atoms with van der Waals surface area (Å²) in [6.07, 6.45) is -0.670. The van der Waals surface area contributed by atoms with Crippen LogP contribution in [-0.2, 0) is 28.4 Å². The second-order valence-corrected chi connectivity index (χ2v) is 8.45. The van der Waals surface area contributed by atoms with Crippen molar-refractivity contribution in [3.8, 4) is 11.5 Å². The number of carbonyl (C=O) groups excluding carboxylic acids is 1. The maximum Gasteiger partial charge on any atom is 0.416 e. The number of hydrogen-bond donors (Lipinski definition) is 1. The Morgan fingerprint density at radius 3 is 2.62 bits per heavy atom. The molecule has 152 valence electrons. The van der Waals surface area contributed by atoms with Gasteiger partial charge in [-0.2, -0.15) is 13.2 Å². The SMILES string of the molecule is O=C1C=C(C2CCCc3cc(Oc4ccc(C(F)(F)F)cc4Cl)ccc32)S(=O)N1. The molecule has 0 saturated heterocycles. The minimum Gasteiger partial charge on any atom is -0.456 e. The number of ether oxygens (including phenoxy) is 1. The van der Waals surface area contributed by atoms with E-state index in [1.807, 2.05) is 12.1 Å².